The van der Waals surface area contributed by atoms with Crippen molar-refractivity contribution in [1.29, 1.82) is 0 Å². The number of carbonyl (C=O) groups is 2. The third-order valence-electron chi connectivity index (χ3n) is 4.63. The van der Waals surface area contributed by atoms with Gasteiger partial charge in [0.25, 0.3) is 0 Å². The second-order valence-corrected chi connectivity index (χ2v) is 7.40. The van der Waals surface area contributed by atoms with Gasteiger partial charge in [-0.25, -0.2) is 9.37 Å². The number of fused-ring (bicyclic) bond motifs is 1. The molecule has 1 aromatic carbocycles. The van der Waals surface area contributed by atoms with Gasteiger partial charge in [0, 0.05) is 24.7 Å². The molecule has 1 N–H and O–H groups in total. The monoisotopic (exact) mass is 371 g/mol. The van der Waals surface area contributed by atoms with E-state index in [9.17, 15) is 14.0 Å². The maximum absolute atomic E-state index is 14.0. The lowest BCUT2D eigenvalue weighted by Crippen LogP contribution is -2.33. The average Bonchev–Trinajstić information content (AvgIpc) is 3.29. The van der Waals surface area contributed by atoms with Crippen LogP contribution in [0.1, 0.15) is 33.0 Å². The normalized spacial score (nSPS) is 17.3. The van der Waals surface area contributed by atoms with Gasteiger partial charge in [-0.05, 0) is 38.1 Å². The van der Waals surface area contributed by atoms with Gasteiger partial charge in [-0.1, -0.05) is 12.1 Å². The number of rotatable bonds is 5. The molecule has 0 spiro atoms. The molecule has 134 valence electrons. The minimum atomic E-state index is -0.421. The Morgan fingerprint density at radius 3 is 2.73 bits per heavy atom. The molecule has 0 atom stereocenters. The fraction of sp³-hybridized carbons (Fsp3) is 0.316. The SMILES string of the molecule is O=C1C(NCCN2CCCC2)=CC(=O)c2sc(-c3ccccc3F)nc21. The molecule has 26 heavy (non-hydrogen) atoms. The first-order valence-corrected chi connectivity index (χ1v) is 9.48. The van der Waals surface area contributed by atoms with Crippen LogP contribution in [0.5, 0.6) is 0 Å². The first-order chi connectivity index (χ1) is 12.6. The highest BCUT2D eigenvalue weighted by Gasteiger charge is 2.30. The van der Waals surface area contributed by atoms with Gasteiger partial charge in [0.15, 0.2) is 5.78 Å². The Hall–Kier alpha value is -2.38. The van der Waals surface area contributed by atoms with Crippen molar-refractivity contribution in [2.45, 2.75) is 12.8 Å². The number of aromatic nitrogens is 1. The summed E-state index contributed by atoms with van der Waals surface area (Å²) in [5.74, 6) is -0.987. The Bertz CT molecular complexity index is 900. The fourth-order valence-corrected chi connectivity index (χ4v) is 4.27. The third-order valence-corrected chi connectivity index (χ3v) is 5.74. The van der Waals surface area contributed by atoms with Crippen molar-refractivity contribution in [3.63, 3.8) is 0 Å². The first-order valence-electron chi connectivity index (χ1n) is 8.66. The Labute approximate surface area is 154 Å². The number of hydrogen-bond acceptors (Lipinski definition) is 6. The van der Waals surface area contributed by atoms with Gasteiger partial charge in [0.1, 0.15) is 21.4 Å². The van der Waals surface area contributed by atoms with Crippen LogP contribution < -0.4 is 5.32 Å². The van der Waals surface area contributed by atoms with E-state index in [4.69, 9.17) is 0 Å². The zero-order valence-corrected chi connectivity index (χ0v) is 14.9. The molecule has 2 aliphatic rings. The summed E-state index contributed by atoms with van der Waals surface area (Å²) in [6.07, 6.45) is 3.75. The molecule has 7 heteroatoms. The molecule has 1 fully saturated rings. The van der Waals surface area contributed by atoms with E-state index in [1.165, 1.54) is 25.0 Å². The van der Waals surface area contributed by atoms with Crippen LogP contribution in [0.25, 0.3) is 10.6 Å². The van der Waals surface area contributed by atoms with Gasteiger partial charge >= 0.3 is 0 Å². The molecule has 1 saturated heterocycles. The number of hydrogen-bond donors (Lipinski definition) is 1. The summed E-state index contributed by atoms with van der Waals surface area (Å²) < 4.78 is 14.0. The number of halogens is 1. The Morgan fingerprint density at radius 1 is 1.19 bits per heavy atom. The summed E-state index contributed by atoms with van der Waals surface area (Å²) in [5, 5.41) is 3.42. The largest absolute Gasteiger partial charge is 0.380 e. The summed E-state index contributed by atoms with van der Waals surface area (Å²) in [4.78, 5) is 31.9. The van der Waals surface area contributed by atoms with Crippen LogP contribution in [0.2, 0.25) is 0 Å². The van der Waals surface area contributed by atoms with Crippen molar-refractivity contribution >= 4 is 22.9 Å². The lowest BCUT2D eigenvalue weighted by atomic mass is 10.0. The number of ketones is 2. The molecule has 2 aromatic rings. The molecular formula is C19H18FN3O2S. The maximum atomic E-state index is 14.0. The highest BCUT2D eigenvalue weighted by molar-refractivity contribution is 7.17. The third kappa shape index (κ3) is 3.20. The molecular weight excluding hydrogens is 353 g/mol. The van der Waals surface area contributed by atoms with E-state index in [1.54, 1.807) is 18.2 Å². The predicted octanol–water partition coefficient (Wildman–Crippen LogP) is 2.90. The summed E-state index contributed by atoms with van der Waals surface area (Å²) >= 11 is 1.06. The van der Waals surface area contributed by atoms with Crippen LogP contribution in [0.3, 0.4) is 0 Å². The fourth-order valence-electron chi connectivity index (χ4n) is 3.27. The number of allylic oxidation sites excluding steroid dienone is 2. The zero-order chi connectivity index (χ0) is 18.1. The van der Waals surface area contributed by atoms with Crippen LogP contribution in [-0.2, 0) is 0 Å². The van der Waals surface area contributed by atoms with Gasteiger partial charge in [0.2, 0.25) is 5.78 Å². The van der Waals surface area contributed by atoms with Gasteiger partial charge in [0.05, 0.1) is 5.70 Å². The summed E-state index contributed by atoms with van der Waals surface area (Å²) in [6.45, 7) is 3.60. The van der Waals surface area contributed by atoms with Gasteiger partial charge in [-0.15, -0.1) is 11.3 Å². The highest BCUT2D eigenvalue weighted by atomic mass is 32.1. The molecule has 0 saturated carbocycles. The van der Waals surface area contributed by atoms with Crippen LogP contribution in [0.4, 0.5) is 4.39 Å². The van der Waals surface area contributed by atoms with Crippen LogP contribution >= 0.6 is 11.3 Å². The van der Waals surface area contributed by atoms with Gasteiger partial charge in [-0.2, -0.15) is 0 Å². The van der Waals surface area contributed by atoms with Crippen molar-refractivity contribution in [2.24, 2.45) is 0 Å². The quantitative estimate of drug-likeness (QED) is 0.876. The second kappa shape index (κ2) is 7.09. The molecule has 0 unspecified atom stereocenters. The second-order valence-electron chi connectivity index (χ2n) is 6.40. The molecule has 1 aliphatic carbocycles. The minimum absolute atomic E-state index is 0.115. The lowest BCUT2D eigenvalue weighted by molar-refractivity contribution is 0.0977. The summed E-state index contributed by atoms with van der Waals surface area (Å²) in [6, 6.07) is 6.22. The number of carbonyl (C=O) groups excluding carboxylic acids is 2. The molecule has 1 aliphatic heterocycles. The molecule has 5 nitrogen and oxygen atoms in total. The van der Waals surface area contributed by atoms with Crippen LogP contribution in [0, 0.1) is 5.82 Å². The van der Waals surface area contributed by atoms with E-state index in [0.717, 1.165) is 31.0 Å². The van der Waals surface area contributed by atoms with Gasteiger partial charge < -0.3 is 10.2 Å². The molecule has 0 radical (unpaired) electrons. The Morgan fingerprint density at radius 2 is 1.96 bits per heavy atom. The molecule has 4 rings (SSSR count). The maximum Gasteiger partial charge on any atom is 0.228 e. The average molecular weight is 371 g/mol. The van der Waals surface area contributed by atoms with Crippen molar-refractivity contribution in [2.75, 3.05) is 26.2 Å². The number of Topliss-reactive ketones (excluding diaryl/α,β-unsaturated/α-hetero) is 1. The predicted molar refractivity (Wildman–Crippen MR) is 97.9 cm³/mol. The Balaban J connectivity index is 1.52. The van der Waals surface area contributed by atoms with E-state index < -0.39 is 5.82 Å². The molecule has 1 aromatic heterocycles. The highest BCUT2D eigenvalue weighted by Crippen LogP contribution is 2.33. The zero-order valence-electron chi connectivity index (χ0n) is 14.1. The topological polar surface area (TPSA) is 62.3 Å². The lowest BCUT2D eigenvalue weighted by Gasteiger charge is -2.17. The number of nitrogens with one attached hydrogen (secondary N) is 1. The molecule has 0 amide bonds. The van der Waals surface area contributed by atoms with Crippen molar-refractivity contribution in [3.05, 3.63) is 52.4 Å². The first kappa shape index (κ1) is 17.1. The van der Waals surface area contributed by atoms with Gasteiger partial charge in [-0.3, -0.25) is 9.59 Å². The summed E-state index contributed by atoms with van der Waals surface area (Å²) in [5.41, 5.74) is 0.688. The van der Waals surface area contributed by atoms with E-state index in [-0.39, 0.29) is 27.8 Å². The standard InChI is InChI=1S/C19H18FN3O2S/c20-13-6-2-1-5-12(13)19-22-16-17(25)14(11-15(24)18(16)26-19)21-7-10-23-8-3-4-9-23/h1-2,5-6,11,21H,3-4,7-10H2. The van der Waals surface area contributed by atoms with Crippen molar-refractivity contribution < 1.29 is 14.0 Å². The van der Waals surface area contributed by atoms with E-state index in [1.807, 2.05) is 0 Å². The molecule has 0 bridgehead atoms. The smallest absolute Gasteiger partial charge is 0.228 e. The number of nitrogens with zero attached hydrogens (tertiary/aromatic N) is 2. The van der Waals surface area contributed by atoms with E-state index in [2.05, 4.69) is 15.2 Å². The number of benzene rings is 1. The van der Waals surface area contributed by atoms with Crippen molar-refractivity contribution in [1.82, 2.24) is 15.2 Å². The van der Waals surface area contributed by atoms with E-state index in [0.29, 0.717) is 17.1 Å². The number of thiazole rings is 1. The van der Waals surface area contributed by atoms with E-state index >= 15 is 0 Å². The summed E-state index contributed by atoms with van der Waals surface area (Å²) in [7, 11) is 0. The Kier molecular flexibility index (Phi) is 4.65. The molecule has 2 heterocycles. The van der Waals surface area contributed by atoms with Crippen molar-refractivity contribution in [3.8, 4) is 10.6 Å². The van der Waals surface area contributed by atoms with Crippen LogP contribution in [-0.4, -0.2) is 47.6 Å². The number of likely N-dealkylation sites (tertiary alicyclic amines) is 1. The minimum Gasteiger partial charge on any atom is -0.380 e. The van der Waals surface area contributed by atoms with Crippen LogP contribution in [0.15, 0.2) is 36.0 Å².